The van der Waals surface area contributed by atoms with Gasteiger partial charge in [0.15, 0.2) is 0 Å². The molecule has 3 aromatic rings. The number of likely N-dealkylation sites (tertiary alicyclic amines) is 1. The van der Waals surface area contributed by atoms with Gasteiger partial charge in [-0.2, -0.15) is 0 Å². The topological polar surface area (TPSA) is 83.0 Å². The second kappa shape index (κ2) is 8.71. The van der Waals surface area contributed by atoms with E-state index in [0.29, 0.717) is 18.3 Å². The van der Waals surface area contributed by atoms with Gasteiger partial charge in [-0.1, -0.05) is 18.2 Å². The minimum absolute atomic E-state index is 0.128. The zero-order valence-corrected chi connectivity index (χ0v) is 17.4. The van der Waals surface area contributed by atoms with Crippen molar-refractivity contribution in [1.82, 2.24) is 19.9 Å². The highest BCUT2D eigenvalue weighted by Crippen LogP contribution is 2.34. The van der Waals surface area contributed by atoms with E-state index in [1.807, 2.05) is 53.4 Å². The van der Waals surface area contributed by atoms with E-state index in [1.165, 1.54) is 0 Å². The van der Waals surface area contributed by atoms with E-state index in [2.05, 4.69) is 15.6 Å². The number of carbonyl (C=O) groups excluding carboxylic acids is 1. The molecule has 1 amide bonds. The molecule has 158 valence electrons. The minimum Gasteiger partial charge on any atom is -0.342 e. The molecule has 0 radical (unpaired) electrons. The van der Waals surface area contributed by atoms with Crippen LogP contribution in [0.25, 0.3) is 0 Å². The maximum atomic E-state index is 12.6. The first-order chi connectivity index (χ1) is 15.2. The third kappa shape index (κ3) is 4.82. The zero-order chi connectivity index (χ0) is 21.0. The number of benzene rings is 1. The molecule has 3 heterocycles. The fourth-order valence-corrected chi connectivity index (χ4v) is 4.01. The average molecular weight is 415 g/mol. The van der Waals surface area contributed by atoms with Gasteiger partial charge in [0.25, 0.3) is 0 Å². The molecule has 1 saturated heterocycles. The van der Waals surface area contributed by atoms with Gasteiger partial charge in [0.05, 0.1) is 11.9 Å². The number of nitrogens with one attached hydrogen (secondary N) is 2. The Labute approximate surface area is 181 Å². The summed E-state index contributed by atoms with van der Waals surface area (Å²) >= 11 is 0. The molecule has 1 atom stereocenters. The normalized spacial score (nSPS) is 18.5. The van der Waals surface area contributed by atoms with Crippen molar-refractivity contribution in [3.05, 3.63) is 66.7 Å². The van der Waals surface area contributed by atoms with Crippen LogP contribution in [0.5, 0.6) is 0 Å². The summed E-state index contributed by atoms with van der Waals surface area (Å²) in [7, 11) is 0. The highest BCUT2D eigenvalue weighted by Gasteiger charge is 2.36. The second-order valence-corrected chi connectivity index (χ2v) is 8.25. The van der Waals surface area contributed by atoms with Crippen LogP contribution in [-0.4, -0.2) is 38.8 Å². The Kier molecular flexibility index (Phi) is 5.48. The molecule has 7 nitrogen and oxygen atoms in total. The quantitative estimate of drug-likeness (QED) is 0.619. The standard InChI is InChI=1S/C24H26N6O/c31-24(17-10-11-17)30-13-5-6-18(16-30)23-28-21(26-19-7-2-1-3-8-19)14-22(29-23)27-20-9-4-12-25-15-20/h1-4,7-9,12,14-15,17-18H,5-6,10-11,13,16H2,(H2,26,27,28,29). The summed E-state index contributed by atoms with van der Waals surface area (Å²) in [5.74, 6) is 2.88. The SMILES string of the molecule is O=C(C1CC1)N1CCCC(c2nc(Nc3ccccc3)cc(Nc3cccnc3)n2)C1. The molecule has 31 heavy (non-hydrogen) atoms. The number of nitrogens with zero attached hydrogens (tertiary/aromatic N) is 4. The Bertz CT molecular complexity index is 979. The molecule has 1 aromatic carbocycles. The summed E-state index contributed by atoms with van der Waals surface area (Å²) in [6.45, 7) is 1.53. The maximum absolute atomic E-state index is 12.6. The summed E-state index contributed by atoms with van der Waals surface area (Å²) < 4.78 is 0. The molecule has 0 spiro atoms. The van der Waals surface area contributed by atoms with Crippen molar-refractivity contribution in [1.29, 1.82) is 0 Å². The minimum atomic E-state index is 0.128. The molecule has 1 aliphatic carbocycles. The van der Waals surface area contributed by atoms with E-state index in [0.717, 1.165) is 55.2 Å². The van der Waals surface area contributed by atoms with Crippen molar-refractivity contribution in [2.45, 2.75) is 31.6 Å². The van der Waals surface area contributed by atoms with Crippen LogP contribution in [0.3, 0.4) is 0 Å². The van der Waals surface area contributed by atoms with Crippen LogP contribution in [0, 0.1) is 5.92 Å². The number of carbonyl (C=O) groups is 1. The number of anilines is 4. The van der Waals surface area contributed by atoms with Crippen LogP contribution in [0.15, 0.2) is 60.9 Å². The van der Waals surface area contributed by atoms with Gasteiger partial charge in [0.2, 0.25) is 5.91 Å². The van der Waals surface area contributed by atoms with Crippen molar-refractivity contribution in [3.63, 3.8) is 0 Å². The molecule has 2 aliphatic rings. The van der Waals surface area contributed by atoms with Crippen molar-refractivity contribution in [2.24, 2.45) is 5.92 Å². The van der Waals surface area contributed by atoms with Gasteiger partial charge in [-0.3, -0.25) is 9.78 Å². The number of piperidine rings is 1. The van der Waals surface area contributed by atoms with Crippen molar-refractivity contribution < 1.29 is 4.79 Å². The predicted octanol–water partition coefficient (Wildman–Crippen LogP) is 4.47. The number of hydrogen-bond donors (Lipinski definition) is 2. The van der Waals surface area contributed by atoms with Gasteiger partial charge < -0.3 is 15.5 Å². The number of hydrogen-bond acceptors (Lipinski definition) is 6. The van der Waals surface area contributed by atoms with Gasteiger partial charge in [-0.05, 0) is 49.9 Å². The molecule has 2 aromatic heterocycles. The lowest BCUT2D eigenvalue weighted by Crippen LogP contribution is -2.40. The highest BCUT2D eigenvalue weighted by molar-refractivity contribution is 5.81. The third-order valence-corrected chi connectivity index (χ3v) is 5.75. The molecule has 0 bridgehead atoms. The summed E-state index contributed by atoms with van der Waals surface area (Å²) in [5, 5.41) is 6.72. The number of para-hydroxylation sites is 1. The van der Waals surface area contributed by atoms with Crippen molar-refractivity contribution in [3.8, 4) is 0 Å². The van der Waals surface area contributed by atoms with E-state index < -0.39 is 0 Å². The van der Waals surface area contributed by atoms with Gasteiger partial charge in [-0.25, -0.2) is 9.97 Å². The first-order valence-corrected chi connectivity index (χ1v) is 10.9. The molecule has 2 fully saturated rings. The third-order valence-electron chi connectivity index (χ3n) is 5.75. The van der Waals surface area contributed by atoms with E-state index in [-0.39, 0.29) is 11.8 Å². The molecule has 2 N–H and O–H groups in total. The number of pyridine rings is 1. The van der Waals surface area contributed by atoms with Gasteiger partial charge >= 0.3 is 0 Å². The fourth-order valence-electron chi connectivity index (χ4n) is 4.01. The van der Waals surface area contributed by atoms with Gasteiger partial charge in [-0.15, -0.1) is 0 Å². The van der Waals surface area contributed by atoms with E-state index in [4.69, 9.17) is 9.97 Å². The lowest BCUT2D eigenvalue weighted by Gasteiger charge is -2.32. The lowest BCUT2D eigenvalue weighted by atomic mass is 9.96. The van der Waals surface area contributed by atoms with Crippen LogP contribution in [-0.2, 0) is 4.79 Å². The summed E-state index contributed by atoms with van der Waals surface area (Å²) in [5.41, 5.74) is 1.83. The predicted molar refractivity (Wildman–Crippen MR) is 121 cm³/mol. The van der Waals surface area contributed by atoms with Crippen LogP contribution in [0.4, 0.5) is 23.0 Å². The number of aromatic nitrogens is 3. The zero-order valence-electron chi connectivity index (χ0n) is 17.4. The molecule has 1 aliphatic heterocycles. The Balaban J connectivity index is 1.42. The fraction of sp³-hybridized carbons (Fsp3) is 0.333. The molecular weight excluding hydrogens is 388 g/mol. The van der Waals surface area contributed by atoms with Crippen LogP contribution in [0.1, 0.15) is 37.4 Å². The van der Waals surface area contributed by atoms with Gasteiger partial charge in [0.1, 0.15) is 17.5 Å². The van der Waals surface area contributed by atoms with E-state index >= 15 is 0 Å². The summed E-state index contributed by atoms with van der Waals surface area (Å²) in [4.78, 5) is 28.4. The molecule has 7 heteroatoms. The van der Waals surface area contributed by atoms with Crippen molar-refractivity contribution >= 4 is 28.9 Å². The molecule has 5 rings (SSSR count). The smallest absolute Gasteiger partial charge is 0.225 e. The first-order valence-electron chi connectivity index (χ1n) is 10.9. The van der Waals surface area contributed by atoms with E-state index in [1.54, 1.807) is 12.4 Å². The van der Waals surface area contributed by atoms with Crippen molar-refractivity contribution in [2.75, 3.05) is 23.7 Å². The number of amides is 1. The van der Waals surface area contributed by atoms with E-state index in [9.17, 15) is 4.79 Å². The molecule has 1 unspecified atom stereocenters. The largest absolute Gasteiger partial charge is 0.342 e. The Morgan fingerprint density at radius 1 is 0.935 bits per heavy atom. The van der Waals surface area contributed by atoms with Crippen LogP contribution in [0.2, 0.25) is 0 Å². The summed E-state index contributed by atoms with van der Waals surface area (Å²) in [6.07, 6.45) is 7.54. The number of rotatable bonds is 6. The first kappa shape index (κ1) is 19.5. The molecular formula is C24H26N6O. The highest BCUT2D eigenvalue weighted by atomic mass is 16.2. The molecule has 1 saturated carbocycles. The summed E-state index contributed by atoms with van der Waals surface area (Å²) in [6, 6.07) is 15.7. The maximum Gasteiger partial charge on any atom is 0.225 e. The monoisotopic (exact) mass is 414 g/mol. The Morgan fingerprint density at radius 3 is 2.39 bits per heavy atom. The second-order valence-electron chi connectivity index (χ2n) is 8.25. The Morgan fingerprint density at radius 2 is 1.68 bits per heavy atom. The lowest BCUT2D eigenvalue weighted by molar-refractivity contribution is -0.133. The van der Waals surface area contributed by atoms with Gasteiger partial charge in [0, 0.05) is 42.9 Å². The van der Waals surface area contributed by atoms with Crippen LogP contribution < -0.4 is 10.6 Å². The Hall–Kier alpha value is -3.48. The average Bonchev–Trinajstić information content (AvgIpc) is 3.65. The van der Waals surface area contributed by atoms with Crippen LogP contribution >= 0.6 is 0 Å².